The van der Waals surface area contributed by atoms with Gasteiger partial charge in [-0.1, -0.05) is 15.9 Å². The molecule has 0 bridgehead atoms. The van der Waals surface area contributed by atoms with Crippen molar-refractivity contribution in [2.75, 3.05) is 6.54 Å². The third-order valence-electron chi connectivity index (χ3n) is 2.99. The van der Waals surface area contributed by atoms with Crippen LogP contribution < -0.4 is 5.73 Å². The number of benzene rings is 1. The number of rotatable bonds is 2. The van der Waals surface area contributed by atoms with Crippen molar-refractivity contribution < 1.29 is 5.11 Å². The van der Waals surface area contributed by atoms with E-state index in [2.05, 4.69) is 15.9 Å². The van der Waals surface area contributed by atoms with Gasteiger partial charge in [-0.25, -0.2) is 0 Å². The van der Waals surface area contributed by atoms with Crippen LogP contribution in [0.25, 0.3) is 0 Å². The SMILES string of the molecule is Cc1cc(O)c(C2(CN)CC2)c(Br)c1. The van der Waals surface area contributed by atoms with Gasteiger partial charge >= 0.3 is 0 Å². The fourth-order valence-electron chi connectivity index (χ4n) is 1.96. The summed E-state index contributed by atoms with van der Waals surface area (Å²) < 4.78 is 0.984. The van der Waals surface area contributed by atoms with E-state index in [4.69, 9.17) is 5.73 Å². The molecule has 14 heavy (non-hydrogen) atoms. The molecular weight excluding hydrogens is 242 g/mol. The van der Waals surface area contributed by atoms with Crippen LogP contribution in [0.1, 0.15) is 24.0 Å². The molecule has 0 heterocycles. The summed E-state index contributed by atoms with van der Waals surface area (Å²) in [7, 11) is 0. The van der Waals surface area contributed by atoms with E-state index < -0.39 is 0 Å². The van der Waals surface area contributed by atoms with E-state index in [9.17, 15) is 5.11 Å². The van der Waals surface area contributed by atoms with Crippen LogP contribution in [0.4, 0.5) is 0 Å². The highest BCUT2D eigenvalue weighted by molar-refractivity contribution is 9.10. The number of hydrogen-bond acceptors (Lipinski definition) is 2. The lowest BCUT2D eigenvalue weighted by Gasteiger charge is -2.17. The zero-order valence-corrected chi connectivity index (χ0v) is 9.76. The fourth-order valence-corrected chi connectivity index (χ4v) is 2.94. The quantitative estimate of drug-likeness (QED) is 0.853. The predicted octanol–water partition coefficient (Wildman–Crippen LogP) is 2.45. The average Bonchev–Trinajstić information content (AvgIpc) is 2.83. The molecule has 1 aromatic rings. The van der Waals surface area contributed by atoms with Gasteiger partial charge in [-0.05, 0) is 37.5 Å². The molecule has 0 amide bonds. The molecule has 1 aliphatic rings. The molecule has 1 fully saturated rings. The summed E-state index contributed by atoms with van der Waals surface area (Å²) in [6, 6.07) is 3.83. The number of nitrogens with two attached hydrogens (primary N) is 1. The number of aryl methyl sites for hydroxylation is 1. The van der Waals surface area contributed by atoms with E-state index in [0.29, 0.717) is 12.3 Å². The zero-order chi connectivity index (χ0) is 10.3. The van der Waals surface area contributed by atoms with E-state index in [-0.39, 0.29) is 5.41 Å². The van der Waals surface area contributed by atoms with Gasteiger partial charge in [0.25, 0.3) is 0 Å². The Bertz CT molecular complexity index is 349. The van der Waals surface area contributed by atoms with Gasteiger partial charge < -0.3 is 10.8 Å². The minimum Gasteiger partial charge on any atom is -0.508 e. The molecule has 76 valence electrons. The maximum atomic E-state index is 9.89. The van der Waals surface area contributed by atoms with Crippen molar-refractivity contribution in [2.45, 2.75) is 25.2 Å². The van der Waals surface area contributed by atoms with Gasteiger partial charge in [0.15, 0.2) is 0 Å². The minimum atomic E-state index is 0.0383. The molecule has 0 aliphatic heterocycles. The van der Waals surface area contributed by atoms with Crippen LogP contribution in [0, 0.1) is 6.92 Å². The fraction of sp³-hybridized carbons (Fsp3) is 0.455. The van der Waals surface area contributed by atoms with Gasteiger partial charge in [-0.3, -0.25) is 0 Å². The zero-order valence-electron chi connectivity index (χ0n) is 8.18. The Kier molecular flexibility index (Phi) is 2.32. The lowest BCUT2D eigenvalue weighted by Crippen LogP contribution is -2.20. The number of aromatic hydroxyl groups is 1. The number of hydrogen-bond donors (Lipinski definition) is 2. The van der Waals surface area contributed by atoms with Crippen LogP contribution >= 0.6 is 15.9 Å². The Balaban J connectivity index is 2.53. The lowest BCUT2D eigenvalue weighted by atomic mass is 9.94. The van der Waals surface area contributed by atoms with E-state index in [1.807, 2.05) is 13.0 Å². The summed E-state index contributed by atoms with van der Waals surface area (Å²) in [6.45, 7) is 2.58. The third-order valence-corrected chi connectivity index (χ3v) is 3.61. The first kappa shape index (κ1) is 9.99. The number of phenolic OH excluding ortho intramolecular Hbond substituents is 1. The van der Waals surface area contributed by atoms with Crippen LogP contribution in [0.15, 0.2) is 16.6 Å². The van der Waals surface area contributed by atoms with Gasteiger partial charge in [0, 0.05) is 22.0 Å². The van der Waals surface area contributed by atoms with Crippen molar-refractivity contribution >= 4 is 15.9 Å². The van der Waals surface area contributed by atoms with Crippen molar-refractivity contribution in [1.82, 2.24) is 0 Å². The first-order chi connectivity index (χ1) is 6.59. The second-order valence-electron chi connectivity index (χ2n) is 4.13. The molecule has 3 N–H and O–H groups in total. The largest absolute Gasteiger partial charge is 0.508 e. The minimum absolute atomic E-state index is 0.0383. The summed E-state index contributed by atoms with van der Waals surface area (Å²) in [4.78, 5) is 0. The Hall–Kier alpha value is -0.540. The van der Waals surface area contributed by atoms with Gasteiger partial charge in [-0.2, -0.15) is 0 Å². The lowest BCUT2D eigenvalue weighted by molar-refractivity contribution is 0.457. The van der Waals surface area contributed by atoms with Crippen LogP contribution in [0.5, 0.6) is 5.75 Å². The number of phenols is 1. The van der Waals surface area contributed by atoms with Crippen molar-refractivity contribution in [1.29, 1.82) is 0 Å². The summed E-state index contributed by atoms with van der Waals surface area (Å²) in [5.74, 6) is 0.375. The highest BCUT2D eigenvalue weighted by Gasteiger charge is 2.45. The highest BCUT2D eigenvalue weighted by Crippen LogP contribution is 2.52. The molecule has 0 spiro atoms. The van der Waals surface area contributed by atoms with Crippen molar-refractivity contribution in [3.63, 3.8) is 0 Å². The monoisotopic (exact) mass is 255 g/mol. The number of halogens is 1. The van der Waals surface area contributed by atoms with Crippen LogP contribution in [-0.4, -0.2) is 11.7 Å². The molecule has 1 aromatic carbocycles. The van der Waals surface area contributed by atoms with Gasteiger partial charge in [0.2, 0.25) is 0 Å². The second-order valence-corrected chi connectivity index (χ2v) is 4.98. The van der Waals surface area contributed by atoms with Crippen molar-refractivity contribution in [3.8, 4) is 5.75 Å². The first-order valence-electron chi connectivity index (χ1n) is 4.79. The van der Waals surface area contributed by atoms with Crippen LogP contribution in [-0.2, 0) is 5.41 Å². The predicted molar refractivity (Wildman–Crippen MR) is 60.5 cm³/mol. The molecule has 3 heteroatoms. The summed E-state index contributed by atoms with van der Waals surface area (Å²) in [5.41, 5.74) is 7.84. The molecule has 0 saturated heterocycles. The van der Waals surface area contributed by atoms with E-state index >= 15 is 0 Å². The summed E-state index contributed by atoms with van der Waals surface area (Å²) in [5, 5.41) is 9.89. The third kappa shape index (κ3) is 1.44. The van der Waals surface area contributed by atoms with Gasteiger partial charge in [-0.15, -0.1) is 0 Å². The molecule has 1 aliphatic carbocycles. The smallest absolute Gasteiger partial charge is 0.120 e. The van der Waals surface area contributed by atoms with E-state index in [1.54, 1.807) is 6.07 Å². The van der Waals surface area contributed by atoms with Crippen LogP contribution in [0.2, 0.25) is 0 Å². The highest BCUT2D eigenvalue weighted by atomic mass is 79.9. The van der Waals surface area contributed by atoms with Crippen LogP contribution in [0.3, 0.4) is 0 Å². The Morgan fingerprint density at radius 1 is 1.50 bits per heavy atom. The van der Waals surface area contributed by atoms with Gasteiger partial charge in [0.1, 0.15) is 5.75 Å². The molecule has 2 nitrogen and oxygen atoms in total. The maximum Gasteiger partial charge on any atom is 0.120 e. The normalized spacial score (nSPS) is 18.2. The first-order valence-corrected chi connectivity index (χ1v) is 5.58. The Morgan fingerprint density at radius 3 is 2.57 bits per heavy atom. The Labute approximate surface area is 92.3 Å². The molecule has 0 radical (unpaired) electrons. The topological polar surface area (TPSA) is 46.2 Å². The molecular formula is C11H14BrNO. The van der Waals surface area contributed by atoms with Gasteiger partial charge in [0.05, 0.1) is 0 Å². The summed E-state index contributed by atoms with van der Waals surface area (Å²) in [6.07, 6.45) is 2.16. The van der Waals surface area contributed by atoms with Crippen molar-refractivity contribution in [2.24, 2.45) is 5.73 Å². The molecule has 0 unspecified atom stereocenters. The standard InChI is InChI=1S/C11H14BrNO/c1-7-4-8(12)10(9(14)5-7)11(6-13)2-3-11/h4-5,14H,2-3,6,13H2,1H3. The molecule has 0 atom stereocenters. The van der Waals surface area contributed by atoms with E-state index in [1.165, 1.54) is 0 Å². The Morgan fingerprint density at radius 2 is 2.14 bits per heavy atom. The van der Waals surface area contributed by atoms with E-state index in [0.717, 1.165) is 28.4 Å². The summed E-state index contributed by atoms with van der Waals surface area (Å²) >= 11 is 3.50. The van der Waals surface area contributed by atoms with Crippen molar-refractivity contribution in [3.05, 3.63) is 27.7 Å². The molecule has 0 aromatic heterocycles. The second kappa shape index (κ2) is 3.24. The average molecular weight is 256 g/mol. The molecule has 2 rings (SSSR count). The molecule has 1 saturated carbocycles. The maximum absolute atomic E-state index is 9.89.